The summed E-state index contributed by atoms with van der Waals surface area (Å²) in [5, 5.41) is 0. The second-order valence-electron chi connectivity index (χ2n) is 6.66. The fourth-order valence-corrected chi connectivity index (χ4v) is 2.93. The number of hydrogen-bond acceptors (Lipinski definition) is 10. The fourth-order valence-electron chi connectivity index (χ4n) is 2.62. The maximum absolute atomic E-state index is 12.1. The van der Waals surface area contributed by atoms with Crippen molar-refractivity contribution in [2.45, 2.75) is 50.3 Å². The minimum absolute atomic E-state index is 0.0497. The number of nitrogen functional groups attached to an aromatic ring is 1. The first-order valence-electron chi connectivity index (χ1n) is 8.56. The largest absolute Gasteiger partial charge is 0.461 e. The molecule has 6 N–H and O–H groups in total. The van der Waals surface area contributed by atoms with Crippen molar-refractivity contribution in [1.29, 1.82) is 0 Å². The summed E-state index contributed by atoms with van der Waals surface area (Å²) >= 11 is 6.11. The van der Waals surface area contributed by atoms with Crippen molar-refractivity contribution in [2.24, 2.45) is 11.5 Å². The first-order chi connectivity index (χ1) is 13.1. The zero-order chi connectivity index (χ0) is 21.1. The molecule has 28 heavy (non-hydrogen) atoms. The van der Waals surface area contributed by atoms with Crippen LogP contribution in [0.2, 0.25) is 0 Å². The van der Waals surface area contributed by atoms with Gasteiger partial charge in [-0.3, -0.25) is 14.2 Å². The van der Waals surface area contributed by atoms with Gasteiger partial charge in [0, 0.05) is 12.6 Å². The molecule has 12 heteroatoms. The van der Waals surface area contributed by atoms with Crippen LogP contribution in [0.15, 0.2) is 17.1 Å². The summed E-state index contributed by atoms with van der Waals surface area (Å²) in [4.78, 5) is 39.6. The third kappa shape index (κ3) is 4.79. The van der Waals surface area contributed by atoms with Gasteiger partial charge >= 0.3 is 17.6 Å². The van der Waals surface area contributed by atoms with Crippen LogP contribution in [0.25, 0.3) is 0 Å². The Morgan fingerprint density at radius 1 is 1.39 bits per heavy atom. The highest BCUT2D eigenvalue weighted by molar-refractivity contribution is 6.18. The van der Waals surface area contributed by atoms with Crippen LogP contribution in [0.5, 0.6) is 0 Å². The molecule has 1 fully saturated rings. The number of rotatable bonds is 7. The normalized spacial score (nSPS) is 26.5. The number of esters is 2. The van der Waals surface area contributed by atoms with Gasteiger partial charge in [-0.25, -0.2) is 4.79 Å². The van der Waals surface area contributed by atoms with Gasteiger partial charge in [0.05, 0.1) is 5.88 Å². The van der Waals surface area contributed by atoms with Gasteiger partial charge in [0.1, 0.15) is 36.8 Å². The number of nitrogens with zero attached hydrogens (tertiary/aromatic N) is 2. The second kappa shape index (κ2) is 8.86. The molecule has 0 amide bonds. The Morgan fingerprint density at radius 3 is 2.57 bits per heavy atom. The van der Waals surface area contributed by atoms with Crippen molar-refractivity contribution in [3.63, 3.8) is 0 Å². The number of alkyl halides is 1. The van der Waals surface area contributed by atoms with Crippen molar-refractivity contribution < 1.29 is 23.8 Å². The molecule has 0 aliphatic carbocycles. The van der Waals surface area contributed by atoms with Crippen LogP contribution in [0.3, 0.4) is 0 Å². The summed E-state index contributed by atoms with van der Waals surface area (Å²) in [5.74, 6) is -1.51. The Balaban J connectivity index is 2.32. The molecule has 156 valence electrons. The van der Waals surface area contributed by atoms with Crippen LogP contribution in [-0.2, 0) is 23.8 Å². The first-order valence-corrected chi connectivity index (χ1v) is 9.10. The topological polar surface area (TPSA) is 175 Å². The molecule has 0 aromatic carbocycles. The lowest BCUT2D eigenvalue weighted by Gasteiger charge is -2.32. The van der Waals surface area contributed by atoms with Gasteiger partial charge in [-0.15, -0.1) is 11.6 Å². The van der Waals surface area contributed by atoms with Gasteiger partial charge in [0.2, 0.25) is 0 Å². The fraction of sp³-hybridized carbons (Fsp3) is 0.625. The Morgan fingerprint density at radius 2 is 2.04 bits per heavy atom. The lowest BCUT2D eigenvalue weighted by atomic mass is 9.99. The molecular weight excluding hydrogens is 394 g/mol. The van der Waals surface area contributed by atoms with E-state index in [4.69, 9.17) is 43.0 Å². The van der Waals surface area contributed by atoms with E-state index in [1.807, 2.05) is 0 Å². The molecule has 2 heterocycles. The molecule has 0 radical (unpaired) electrons. The van der Waals surface area contributed by atoms with E-state index < -0.39 is 47.6 Å². The molecule has 1 aliphatic heterocycles. The minimum Gasteiger partial charge on any atom is -0.461 e. The molecule has 0 unspecified atom stereocenters. The SMILES string of the molecule is C[C@H](N)C(=O)OC[C@@]1(CCl)O[C@@H](n2ccc(N)nc2=O)C[C@@H]1OC(=O)[C@@H](C)N. The van der Waals surface area contributed by atoms with Crippen molar-refractivity contribution in [3.8, 4) is 0 Å². The molecular formula is C16H24ClN5O6. The number of hydrogen-bond donors (Lipinski definition) is 3. The number of halogens is 1. The standard InChI is InChI=1S/C16H24ClN5O6/c1-8(18)13(23)26-7-16(6-17)10(27-14(24)9(2)19)5-12(28-16)22-4-3-11(20)21-15(22)25/h3-4,8-10,12H,5-7,18-19H2,1-2H3,(H2,20,21,25)/t8-,9+,10-,12+,16+/m0/s1. The smallest absolute Gasteiger partial charge is 0.351 e. The summed E-state index contributed by atoms with van der Waals surface area (Å²) in [6, 6.07) is -0.331. The number of aromatic nitrogens is 2. The average Bonchev–Trinajstić information content (AvgIpc) is 2.97. The Hall–Kier alpha value is -2.21. The number of ether oxygens (including phenoxy) is 3. The lowest BCUT2D eigenvalue weighted by molar-refractivity contribution is -0.174. The Bertz CT molecular complexity index is 785. The molecule has 0 spiro atoms. The van der Waals surface area contributed by atoms with E-state index in [0.717, 1.165) is 0 Å². The van der Waals surface area contributed by atoms with Gasteiger partial charge in [0.15, 0.2) is 5.60 Å². The highest BCUT2D eigenvalue weighted by atomic mass is 35.5. The lowest BCUT2D eigenvalue weighted by Crippen LogP contribution is -2.50. The average molecular weight is 418 g/mol. The first kappa shape index (κ1) is 22.1. The quantitative estimate of drug-likeness (QED) is 0.363. The minimum atomic E-state index is -1.40. The van der Waals surface area contributed by atoms with Crippen molar-refractivity contribution in [2.75, 3.05) is 18.2 Å². The summed E-state index contributed by atoms with van der Waals surface area (Å²) in [5.41, 5.74) is 14.5. The van der Waals surface area contributed by atoms with Crippen LogP contribution in [-0.4, -0.2) is 57.8 Å². The Kier molecular flexibility index (Phi) is 6.99. The van der Waals surface area contributed by atoms with Gasteiger partial charge in [-0.05, 0) is 19.9 Å². The Labute approximate surface area is 166 Å². The maximum Gasteiger partial charge on any atom is 0.351 e. The van der Waals surface area contributed by atoms with Gasteiger partial charge in [0.25, 0.3) is 0 Å². The molecule has 1 aromatic rings. The molecule has 11 nitrogen and oxygen atoms in total. The van der Waals surface area contributed by atoms with E-state index in [2.05, 4.69) is 4.98 Å². The highest BCUT2D eigenvalue weighted by Gasteiger charge is 2.53. The third-order valence-electron chi connectivity index (χ3n) is 4.22. The van der Waals surface area contributed by atoms with Crippen molar-refractivity contribution in [1.82, 2.24) is 9.55 Å². The third-order valence-corrected chi connectivity index (χ3v) is 4.67. The number of carbonyl (C=O) groups excluding carboxylic acids is 2. The number of carbonyl (C=O) groups is 2. The predicted molar refractivity (Wildman–Crippen MR) is 99.2 cm³/mol. The van der Waals surface area contributed by atoms with Crippen LogP contribution in [0.4, 0.5) is 5.82 Å². The van der Waals surface area contributed by atoms with E-state index in [0.29, 0.717) is 0 Å². The van der Waals surface area contributed by atoms with E-state index in [9.17, 15) is 14.4 Å². The van der Waals surface area contributed by atoms with Crippen LogP contribution < -0.4 is 22.9 Å². The summed E-state index contributed by atoms with van der Waals surface area (Å²) in [6.45, 7) is 2.59. The van der Waals surface area contributed by atoms with E-state index in [-0.39, 0.29) is 24.7 Å². The van der Waals surface area contributed by atoms with Crippen LogP contribution >= 0.6 is 11.6 Å². The zero-order valence-corrected chi connectivity index (χ0v) is 16.3. The van der Waals surface area contributed by atoms with E-state index >= 15 is 0 Å². The van der Waals surface area contributed by atoms with Crippen LogP contribution in [0, 0.1) is 0 Å². The molecule has 2 rings (SSSR count). The molecule has 1 saturated heterocycles. The predicted octanol–water partition coefficient (Wildman–Crippen LogP) is -1.13. The van der Waals surface area contributed by atoms with Crippen molar-refractivity contribution in [3.05, 3.63) is 22.7 Å². The molecule has 1 aliphatic rings. The van der Waals surface area contributed by atoms with Crippen LogP contribution in [0.1, 0.15) is 26.5 Å². The monoisotopic (exact) mass is 417 g/mol. The van der Waals surface area contributed by atoms with Gasteiger partial charge in [-0.1, -0.05) is 0 Å². The van der Waals surface area contributed by atoms with Gasteiger partial charge in [-0.2, -0.15) is 4.98 Å². The zero-order valence-electron chi connectivity index (χ0n) is 15.5. The number of nitrogens with two attached hydrogens (primary N) is 3. The molecule has 0 saturated carbocycles. The molecule has 5 atom stereocenters. The summed E-state index contributed by atoms with van der Waals surface area (Å²) in [6.07, 6.45) is -0.345. The van der Waals surface area contributed by atoms with E-state index in [1.54, 1.807) is 0 Å². The molecule has 0 bridgehead atoms. The summed E-state index contributed by atoms with van der Waals surface area (Å²) < 4.78 is 17.7. The van der Waals surface area contributed by atoms with Gasteiger partial charge < -0.3 is 31.4 Å². The van der Waals surface area contributed by atoms with E-state index in [1.165, 1.54) is 30.7 Å². The number of anilines is 1. The highest BCUT2D eigenvalue weighted by Crippen LogP contribution is 2.39. The van der Waals surface area contributed by atoms with Crippen molar-refractivity contribution >= 4 is 29.4 Å². The maximum atomic E-state index is 12.1. The second-order valence-corrected chi connectivity index (χ2v) is 6.93. The molecule has 1 aromatic heterocycles. The summed E-state index contributed by atoms with van der Waals surface area (Å²) in [7, 11) is 0.